The van der Waals surface area contributed by atoms with Crippen LogP contribution in [0.3, 0.4) is 0 Å². The average molecular weight is 572 g/mol. The van der Waals surface area contributed by atoms with Crippen molar-refractivity contribution in [3.8, 4) is 28.3 Å². The van der Waals surface area contributed by atoms with E-state index in [9.17, 15) is 23.5 Å². The molecule has 0 bridgehead atoms. The Morgan fingerprint density at radius 3 is 2.33 bits per heavy atom. The number of hydrogen-bond acceptors (Lipinski definition) is 7. The third-order valence-electron chi connectivity index (χ3n) is 6.28. The lowest BCUT2D eigenvalue weighted by molar-refractivity contribution is 0.0693. The first-order valence-electron chi connectivity index (χ1n) is 12.6. The molecule has 0 spiro atoms. The molecule has 0 saturated heterocycles. The van der Waals surface area contributed by atoms with Gasteiger partial charge in [0.1, 0.15) is 23.1 Å². The molecule has 212 valence electrons. The second-order valence-corrected chi connectivity index (χ2v) is 9.11. The van der Waals surface area contributed by atoms with E-state index in [4.69, 9.17) is 9.47 Å². The molecule has 12 heteroatoms. The van der Waals surface area contributed by atoms with Crippen LogP contribution in [0.1, 0.15) is 34.6 Å². The Morgan fingerprint density at radius 1 is 0.976 bits per heavy atom. The van der Waals surface area contributed by atoms with Crippen LogP contribution in [0, 0.1) is 18.6 Å². The van der Waals surface area contributed by atoms with Gasteiger partial charge in [-0.05, 0) is 54.8 Å². The zero-order valence-electron chi connectivity index (χ0n) is 22.3. The third-order valence-corrected chi connectivity index (χ3v) is 6.28. The number of pyridine rings is 1. The number of carbonyl (C=O) groups is 2. The fourth-order valence-corrected chi connectivity index (χ4v) is 4.12. The molecular weight excluding hydrogens is 548 g/mol. The first-order chi connectivity index (χ1) is 20.2. The van der Waals surface area contributed by atoms with Crippen LogP contribution in [-0.4, -0.2) is 37.1 Å². The number of carboxylic acid groups (broad SMARTS) is 1. The summed E-state index contributed by atoms with van der Waals surface area (Å²) in [6, 6.07) is 19.1. The van der Waals surface area contributed by atoms with Crippen molar-refractivity contribution in [1.82, 2.24) is 20.0 Å². The number of aromatic carboxylic acids is 1. The van der Waals surface area contributed by atoms with Gasteiger partial charge in [-0.3, -0.25) is 10.3 Å². The van der Waals surface area contributed by atoms with E-state index < -0.39 is 35.6 Å². The molecular formula is C30H23F2N5O5. The number of benzene rings is 3. The maximum atomic E-state index is 14.9. The van der Waals surface area contributed by atoms with Crippen molar-refractivity contribution < 1.29 is 33.0 Å². The summed E-state index contributed by atoms with van der Waals surface area (Å²) in [5.41, 5.74) is 2.15. The predicted molar refractivity (Wildman–Crippen MR) is 148 cm³/mol. The molecule has 0 aliphatic heterocycles. The van der Waals surface area contributed by atoms with Gasteiger partial charge in [0, 0.05) is 18.5 Å². The van der Waals surface area contributed by atoms with E-state index in [-0.39, 0.29) is 16.9 Å². The quantitative estimate of drug-likeness (QED) is 0.210. The topological polar surface area (TPSA) is 128 Å². The molecule has 0 fully saturated rings. The molecule has 10 nitrogen and oxygen atoms in total. The normalized spacial score (nSPS) is 11.5. The summed E-state index contributed by atoms with van der Waals surface area (Å²) >= 11 is 0. The molecule has 1 unspecified atom stereocenters. The van der Waals surface area contributed by atoms with Crippen molar-refractivity contribution in [3.63, 3.8) is 0 Å². The smallest absolute Gasteiger partial charge is 0.413 e. The summed E-state index contributed by atoms with van der Waals surface area (Å²) in [6.07, 6.45) is 1.09. The van der Waals surface area contributed by atoms with E-state index >= 15 is 0 Å². The lowest BCUT2D eigenvalue weighted by Gasteiger charge is -2.15. The number of amides is 1. The van der Waals surface area contributed by atoms with Crippen LogP contribution in [0.2, 0.25) is 0 Å². The highest BCUT2D eigenvalue weighted by molar-refractivity contribution is 5.90. The fraction of sp³-hybridized carbons (Fsp3) is 0.100. The second-order valence-electron chi connectivity index (χ2n) is 9.11. The Kier molecular flexibility index (Phi) is 7.87. The zero-order valence-corrected chi connectivity index (χ0v) is 22.3. The van der Waals surface area contributed by atoms with Gasteiger partial charge in [0.15, 0.2) is 23.2 Å². The Morgan fingerprint density at radius 2 is 1.67 bits per heavy atom. The van der Waals surface area contributed by atoms with Crippen LogP contribution >= 0.6 is 0 Å². The van der Waals surface area contributed by atoms with Gasteiger partial charge in [0.2, 0.25) is 0 Å². The summed E-state index contributed by atoms with van der Waals surface area (Å²) in [5, 5.41) is 20.1. The molecule has 5 rings (SSSR count). The summed E-state index contributed by atoms with van der Waals surface area (Å²) < 4.78 is 42.0. The maximum Gasteiger partial charge on any atom is 0.413 e. The third kappa shape index (κ3) is 5.92. The number of ether oxygens (including phenoxy) is 2. The molecule has 2 N–H and O–H groups in total. The van der Waals surface area contributed by atoms with Crippen LogP contribution in [0.4, 0.5) is 19.4 Å². The first-order valence-corrected chi connectivity index (χ1v) is 12.6. The number of nitrogens with zero attached hydrogens (tertiary/aromatic N) is 4. The molecule has 5 aromatic rings. The number of nitrogens with one attached hydrogen (secondary N) is 1. The molecule has 1 amide bonds. The van der Waals surface area contributed by atoms with Crippen molar-refractivity contribution >= 4 is 17.9 Å². The highest BCUT2D eigenvalue weighted by Gasteiger charge is 2.20. The second kappa shape index (κ2) is 11.8. The molecule has 3 aromatic carbocycles. The minimum Gasteiger partial charge on any atom is -0.477 e. The summed E-state index contributed by atoms with van der Waals surface area (Å²) in [6.45, 7) is 3.43. The maximum absolute atomic E-state index is 14.9. The summed E-state index contributed by atoms with van der Waals surface area (Å²) in [7, 11) is 0. The van der Waals surface area contributed by atoms with Gasteiger partial charge >= 0.3 is 12.1 Å². The number of anilines is 1. The van der Waals surface area contributed by atoms with Crippen molar-refractivity contribution in [2.45, 2.75) is 20.0 Å². The van der Waals surface area contributed by atoms with Crippen LogP contribution in [-0.2, 0) is 4.74 Å². The SMILES string of the molecule is Cc1nnn(-c2ccc(-c3cc(F)c(Oc4ccncc4C(=O)O)c(F)c3)cc2)c1NC(=O)OC(C)c1ccccc1. The van der Waals surface area contributed by atoms with Crippen molar-refractivity contribution in [3.05, 3.63) is 114 Å². The molecule has 0 radical (unpaired) electrons. The molecule has 1 atom stereocenters. The minimum absolute atomic E-state index is 0.212. The van der Waals surface area contributed by atoms with Crippen LogP contribution in [0.25, 0.3) is 16.8 Å². The van der Waals surface area contributed by atoms with E-state index in [2.05, 4.69) is 20.6 Å². The summed E-state index contributed by atoms with van der Waals surface area (Å²) in [5.74, 6) is -4.10. The van der Waals surface area contributed by atoms with Crippen molar-refractivity contribution in [1.29, 1.82) is 0 Å². The van der Waals surface area contributed by atoms with E-state index in [0.29, 0.717) is 22.8 Å². The van der Waals surface area contributed by atoms with Gasteiger partial charge in [0.05, 0.1) is 5.69 Å². The number of rotatable bonds is 8. The highest BCUT2D eigenvalue weighted by atomic mass is 19.1. The van der Waals surface area contributed by atoms with Crippen molar-refractivity contribution in [2.75, 3.05) is 5.32 Å². The van der Waals surface area contributed by atoms with Crippen LogP contribution in [0.5, 0.6) is 11.5 Å². The van der Waals surface area contributed by atoms with Gasteiger partial charge in [-0.15, -0.1) is 5.10 Å². The molecule has 2 heterocycles. The summed E-state index contributed by atoms with van der Waals surface area (Å²) in [4.78, 5) is 27.7. The lowest BCUT2D eigenvalue weighted by atomic mass is 10.0. The number of aryl methyl sites for hydroxylation is 1. The van der Waals surface area contributed by atoms with Gasteiger partial charge in [-0.25, -0.2) is 18.4 Å². The van der Waals surface area contributed by atoms with E-state index in [0.717, 1.165) is 23.9 Å². The van der Waals surface area contributed by atoms with E-state index in [1.54, 1.807) is 38.1 Å². The minimum atomic E-state index is -1.35. The molecule has 0 aliphatic carbocycles. The number of halogens is 2. The number of carbonyl (C=O) groups excluding carboxylic acids is 1. The predicted octanol–water partition coefficient (Wildman–Crippen LogP) is 6.72. The van der Waals surface area contributed by atoms with E-state index in [1.807, 2.05) is 30.3 Å². The van der Waals surface area contributed by atoms with Crippen LogP contribution in [0.15, 0.2) is 85.2 Å². The Labute approximate surface area is 238 Å². The van der Waals surface area contributed by atoms with Gasteiger partial charge < -0.3 is 14.6 Å². The molecule has 2 aromatic heterocycles. The van der Waals surface area contributed by atoms with Gasteiger partial charge in [0.25, 0.3) is 0 Å². The van der Waals surface area contributed by atoms with E-state index in [1.165, 1.54) is 16.9 Å². The number of aromatic nitrogens is 4. The Bertz CT molecular complexity index is 1740. The average Bonchev–Trinajstić information content (AvgIpc) is 3.34. The Hall–Kier alpha value is -5.65. The zero-order chi connectivity index (χ0) is 29.8. The Balaban J connectivity index is 1.34. The van der Waals surface area contributed by atoms with Crippen LogP contribution < -0.4 is 10.1 Å². The number of carboxylic acids is 1. The molecule has 0 saturated carbocycles. The molecule has 0 aliphatic rings. The van der Waals surface area contributed by atoms with Crippen molar-refractivity contribution in [2.24, 2.45) is 0 Å². The lowest BCUT2D eigenvalue weighted by Crippen LogP contribution is -2.18. The first kappa shape index (κ1) is 27.9. The fourth-order valence-electron chi connectivity index (χ4n) is 4.12. The largest absolute Gasteiger partial charge is 0.477 e. The number of hydrogen-bond donors (Lipinski definition) is 2. The molecule has 42 heavy (non-hydrogen) atoms. The monoisotopic (exact) mass is 571 g/mol. The van der Waals surface area contributed by atoms with Gasteiger partial charge in [-0.1, -0.05) is 47.7 Å². The highest BCUT2D eigenvalue weighted by Crippen LogP contribution is 2.34. The van der Waals surface area contributed by atoms with Gasteiger partial charge in [-0.2, -0.15) is 4.68 Å². The standard InChI is InChI=1S/C30H23F2N5O5/c1-17-28(34-30(40)41-18(2)19-6-4-3-5-7-19)37(36-35-17)22-10-8-20(9-11-22)21-14-24(31)27(25(32)15-21)42-26-12-13-33-16-23(26)29(38)39/h3-16,18H,1-2H3,(H,34,40)(H,38,39).